The van der Waals surface area contributed by atoms with Crippen molar-refractivity contribution in [2.24, 2.45) is 5.73 Å². The van der Waals surface area contributed by atoms with Crippen molar-refractivity contribution in [1.29, 1.82) is 0 Å². The summed E-state index contributed by atoms with van der Waals surface area (Å²) in [7, 11) is 0. The molecule has 2 rings (SSSR count). The van der Waals surface area contributed by atoms with Gasteiger partial charge in [0.05, 0.1) is 6.17 Å². The van der Waals surface area contributed by atoms with Crippen molar-refractivity contribution in [3.8, 4) is 0 Å². The lowest BCUT2D eigenvalue weighted by molar-refractivity contribution is 0.313. The molecule has 2 heterocycles. The van der Waals surface area contributed by atoms with Gasteiger partial charge in [-0.3, -0.25) is 0 Å². The monoisotopic (exact) mass is 221 g/mol. The minimum atomic E-state index is -0.0642. The van der Waals surface area contributed by atoms with Crippen LogP contribution in [0.2, 0.25) is 5.15 Å². The number of halogens is 1. The van der Waals surface area contributed by atoms with Gasteiger partial charge in [0.15, 0.2) is 0 Å². The minimum absolute atomic E-state index is 0.0642. The lowest BCUT2D eigenvalue weighted by Gasteiger charge is -2.27. The first-order chi connectivity index (χ1) is 7.25. The molecule has 1 unspecified atom stereocenters. The van der Waals surface area contributed by atoms with Crippen LogP contribution < -0.4 is 5.73 Å². The summed E-state index contributed by atoms with van der Waals surface area (Å²) < 4.78 is 0. The molecule has 0 spiro atoms. The molecule has 2 N–H and O–H groups in total. The van der Waals surface area contributed by atoms with Gasteiger partial charge in [-0.05, 0) is 23.8 Å². The summed E-state index contributed by atoms with van der Waals surface area (Å²) in [5.41, 5.74) is 6.99. The summed E-state index contributed by atoms with van der Waals surface area (Å²) in [5.74, 6) is 0. The predicted octanol–water partition coefficient (Wildman–Crippen LogP) is 1.91. The Balaban J connectivity index is 2.05. The van der Waals surface area contributed by atoms with E-state index in [4.69, 9.17) is 17.3 Å². The van der Waals surface area contributed by atoms with Crippen LogP contribution in [0.15, 0.2) is 42.8 Å². The largest absolute Gasteiger partial charge is 0.355 e. The zero-order valence-electron chi connectivity index (χ0n) is 8.18. The fourth-order valence-electron chi connectivity index (χ4n) is 1.42. The van der Waals surface area contributed by atoms with E-state index < -0.39 is 0 Å². The van der Waals surface area contributed by atoms with E-state index in [0.29, 0.717) is 5.15 Å². The van der Waals surface area contributed by atoms with Crippen LogP contribution in [-0.2, 0) is 6.54 Å². The van der Waals surface area contributed by atoms with Crippen LogP contribution in [0.25, 0.3) is 0 Å². The Labute approximate surface area is 93.9 Å². The molecule has 0 aliphatic carbocycles. The minimum Gasteiger partial charge on any atom is -0.355 e. The Kier molecular flexibility index (Phi) is 3.04. The standard InChI is InChI=1S/C11H12ClN3/c12-10-5-4-9(7-14-10)8-15-6-2-1-3-11(15)13/h1-7,11H,8,13H2. The van der Waals surface area contributed by atoms with Crippen LogP contribution in [0, 0.1) is 0 Å². The molecule has 4 heteroatoms. The molecule has 3 nitrogen and oxygen atoms in total. The third-order valence-corrected chi connectivity index (χ3v) is 2.46. The molecule has 1 aliphatic heterocycles. The zero-order chi connectivity index (χ0) is 10.7. The van der Waals surface area contributed by atoms with Crippen LogP contribution in [0.3, 0.4) is 0 Å². The van der Waals surface area contributed by atoms with E-state index in [1.807, 2.05) is 35.4 Å². The molecule has 1 aromatic heterocycles. The lowest BCUT2D eigenvalue weighted by atomic mass is 10.2. The number of hydrogen-bond donors (Lipinski definition) is 1. The second kappa shape index (κ2) is 4.47. The van der Waals surface area contributed by atoms with Gasteiger partial charge in [0.2, 0.25) is 0 Å². The second-order valence-electron chi connectivity index (χ2n) is 3.38. The van der Waals surface area contributed by atoms with Gasteiger partial charge in [-0.1, -0.05) is 23.7 Å². The third-order valence-electron chi connectivity index (χ3n) is 2.23. The number of allylic oxidation sites excluding steroid dienone is 2. The maximum atomic E-state index is 5.90. The average Bonchev–Trinajstić information content (AvgIpc) is 2.25. The van der Waals surface area contributed by atoms with E-state index in [9.17, 15) is 0 Å². The number of nitrogens with zero attached hydrogens (tertiary/aromatic N) is 2. The number of aromatic nitrogens is 1. The number of rotatable bonds is 2. The van der Waals surface area contributed by atoms with E-state index >= 15 is 0 Å². The lowest BCUT2D eigenvalue weighted by Crippen LogP contribution is -2.37. The normalized spacial score (nSPS) is 19.6. The van der Waals surface area contributed by atoms with Gasteiger partial charge in [-0.25, -0.2) is 4.98 Å². The first-order valence-electron chi connectivity index (χ1n) is 4.72. The fraction of sp³-hybridized carbons (Fsp3) is 0.182. The van der Waals surface area contributed by atoms with Crippen molar-refractivity contribution < 1.29 is 0 Å². The first-order valence-corrected chi connectivity index (χ1v) is 5.10. The quantitative estimate of drug-likeness (QED) is 0.776. The molecule has 0 amide bonds. The van der Waals surface area contributed by atoms with Gasteiger partial charge in [0.1, 0.15) is 5.15 Å². The maximum absolute atomic E-state index is 5.90. The van der Waals surface area contributed by atoms with Crippen molar-refractivity contribution in [3.63, 3.8) is 0 Å². The Bertz CT molecular complexity index is 383. The molecule has 0 bridgehead atoms. The Morgan fingerprint density at radius 2 is 2.27 bits per heavy atom. The molecule has 0 radical (unpaired) electrons. The van der Waals surface area contributed by atoms with Gasteiger partial charge >= 0.3 is 0 Å². The first kappa shape index (κ1) is 10.2. The summed E-state index contributed by atoms with van der Waals surface area (Å²) in [5, 5.41) is 0.511. The summed E-state index contributed by atoms with van der Waals surface area (Å²) in [6.45, 7) is 0.742. The maximum Gasteiger partial charge on any atom is 0.129 e. The van der Waals surface area contributed by atoms with Crippen molar-refractivity contribution in [2.75, 3.05) is 0 Å². The SMILES string of the molecule is NC1C=CC=CN1Cc1ccc(Cl)nc1. The van der Waals surface area contributed by atoms with Gasteiger partial charge in [-0.15, -0.1) is 0 Å². The molecule has 0 saturated heterocycles. The Morgan fingerprint density at radius 1 is 1.40 bits per heavy atom. The second-order valence-corrected chi connectivity index (χ2v) is 3.77. The van der Waals surface area contributed by atoms with Gasteiger partial charge in [0, 0.05) is 18.9 Å². The average molecular weight is 222 g/mol. The number of hydrogen-bond acceptors (Lipinski definition) is 3. The van der Waals surface area contributed by atoms with E-state index in [2.05, 4.69) is 4.98 Å². The van der Waals surface area contributed by atoms with Crippen molar-refractivity contribution in [3.05, 3.63) is 53.5 Å². The topological polar surface area (TPSA) is 42.1 Å². The summed E-state index contributed by atoms with van der Waals surface area (Å²) in [6, 6.07) is 3.74. The molecule has 1 atom stereocenters. The highest BCUT2D eigenvalue weighted by atomic mass is 35.5. The molecule has 0 fully saturated rings. The van der Waals surface area contributed by atoms with Crippen LogP contribution >= 0.6 is 11.6 Å². The molecule has 0 aromatic carbocycles. The van der Waals surface area contributed by atoms with Crippen LogP contribution in [0.1, 0.15) is 5.56 Å². The van der Waals surface area contributed by atoms with Gasteiger partial charge < -0.3 is 10.6 Å². The summed E-state index contributed by atoms with van der Waals surface area (Å²) in [6.07, 6.45) is 9.53. The van der Waals surface area contributed by atoms with Gasteiger partial charge in [-0.2, -0.15) is 0 Å². The van der Waals surface area contributed by atoms with Crippen LogP contribution in [0.5, 0.6) is 0 Å². The Hall–Kier alpha value is -1.32. The third kappa shape index (κ3) is 2.58. The van der Waals surface area contributed by atoms with Crippen molar-refractivity contribution in [2.45, 2.75) is 12.7 Å². The van der Waals surface area contributed by atoms with Crippen molar-refractivity contribution in [1.82, 2.24) is 9.88 Å². The molecule has 1 aliphatic rings. The highest BCUT2D eigenvalue weighted by molar-refractivity contribution is 6.29. The zero-order valence-corrected chi connectivity index (χ0v) is 8.93. The van der Waals surface area contributed by atoms with Crippen LogP contribution in [-0.4, -0.2) is 16.0 Å². The van der Waals surface area contributed by atoms with E-state index in [0.717, 1.165) is 12.1 Å². The summed E-state index contributed by atoms with van der Waals surface area (Å²) in [4.78, 5) is 6.06. The molecule has 15 heavy (non-hydrogen) atoms. The van der Waals surface area contributed by atoms with E-state index in [-0.39, 0.29) is 6.17 Å². The molecule has 0 saturated carbocycles. The van der Waals surface area contributed by atoms with Gasteiger partial charge in [0.25, 0.3) is 0 Å². The number of pyridine rings is 1. The van der Waals surface area contributed by atoms with E-state index in [1.165, 1.54) is 0 Å². The highest BCUT2D eigenvalue weighted by Crippen LogP contribution is 2.11. The predicted molar refractivity (Wildman–Crippen MR) is 61.0 cm³/mol. The smallest absolute Gasteiger partial charge is 0.129 e. The highest BCUT2D eigenvalue weighted by Gasteiger charge is 2.09. The molecular weight excluding hydrogens is 210 g/mol. The molecular formula is C11H12ClN3. The van der Waals surface area contributed by atoms with Crippen LogP contribution in [0.4, 0.5) is 0 Å². The number of nitrogens with two attached hydrogens (primary N) is 1. The summed E-state index contributed by atoms with van der Waals surface area (Å²) >= 11 is 5.71. The molecule has 78 valence electrons. The van der Waals surface area contributed by atoms with E-state index in [1.54, 1.807) is 12.3 Å². The fourth-order valence-corrected chi connectivity index (χ4v) is 1.53. The molecule has 1 aromatic rings. The Morgan fingerprint density at radius 3 is 2.93 bits per heavy atom. The van der Waals surface area contributed by atoms with Crippen molar-refractivity contribution >= 4 is 11.6 Å².